The molecule has 2 rings (SSSR count). The Hall–Kier alpha value is -1.28. The molecule has 5 nitrogen and oxygen atoms in total. The van der Waals surface area contributed by atoms with E-state index in [4.69, 9.17) is 10.00 Å². The lowest BCUT2D eigenvalue weighted by Gasteiger charge is -2.37. The van der Waals surface area contributed by atoms with E-state index in [2.05, 4.69) is 18.3 Å². The van der Waals surface area contributed by atoms with E-state index in [1.54, 1.807) is 0 Å². The van der Waals surface area contributed by atoms with E-state index >= 15 is 0 Å². The number of carbonyl (C=O) groups is 1. The average Bonchev–Trinajstić information content (AvgIpc) is 2.55. The molecular weight excluding hydrogens is 278 g/mol. The monoisotopic (exact) mass is 307 g/mol. The third-order valence-electron chi connectivity index (χ3n) is 5.13. The third-order valence-corrected chi connectivity index (χ3v) is 5.13. The minimum absolute atomic E-state index is 0.175. The summed E-state index contributed by atoms with van der Waals surface area (Å²) in [7, 11) is 0. The molecule has 1 aliphatic carbocycles. The minimum atomic E-state index is -0.175. The van der Waals surface area contributed by atoms with Gasteiger partial charge in [-0.1, -0.05) is 6.42 Å². The summed E-state index contributed by atoms with van der Waals surface area (Å²) in [5.41, 5.74) is 0. The van der Waals surface area contributed by atoms with E-state index < -0.39 is 0 Å². The van der Waals surface area contributed by atoms with E-state index in [0.717, 1.165) is 45.2 Å². The first kappa shape index (κ1) is 17.1. The van der Waals surface area contributed by atoms with Gasteiger partial charge in [-0.3, -0.25) is 0 Å². The molecule has 1 aliphatic heterocycles. The number of amides is 1. The van der Waals surface area contributed by atoms with Crippen LogP contribution in [-0.4, -0.2) is 42.8 Å². The van der Waals surface area contributed by atoms with Crippen molar-refractivity contribution >= 4 is 6.09 Å². The summed E-state index contributed by atoms with van der Waals surface area (Å²) in [4.78, 5) is 13.5. The predicted octanol–water partition coefficient (Wildman–Crippen LogP) is 2.92. The van der Waals surface area contributed by atoms with Crippen LogP contribution in [0.25, 0.3) is 0 Å². The minimum Gasteiger partial charge on any atom is -0.450 e. The van der Waals surface area contributed by atoms with E-state index in [0.29, 0.717) is 24.6 Å². The van der Waals surface area contributed by atoms with E-state index in [1.807, 2.05) is 11.8 Å². The maximum absolute atomic E-state index is 11.7. The second-order valence-electron chi connectivity index (χ2n) is 6.67. The summed E-state index contributed by atoms with van der Waals surface area (Å²) in [6, 6.07) is 3.35. The van der Waals surface area contributed by atoms with Gasteiger partial charge in [0.2, 0.25) is 0 Å². The number of hydrogen-bond donors (Lipinski definition) is 1. The highest BCUT2D eigenvalue weighted by Crippen LogP contribution is 2.26. The summed E-state index contributed by atoms with van der Waals surface area (Å²) in [5, 5.41) is 12.8. The maximum Gasteiger partial charge on any atom is 0.409 e. The fourth-order valence-corrected chi connectivity index (χ4v) is 3.76. The zero-order valence-corrected chi connectivity index (χ0v) is 13.9. The zero-order valence-electron chi connectivity index (χ0n) is 13.9. The fraction of sp³-hybridized carbons (Fsp3) is 0.882. The summed E-state index contributed by atoms with van der Waals surface area (Å²) in [6.45, 7) is 6.12. The van der Waals surface area contributed by atoms with Crippen molar-refractivity contribution in [1.29, 1.82) is 5.26 Å². The zero-order chi connectivity index (χ0) is 15.9. The molecule has 1 amide bonds. The normalized spacial score (nSPS) is 28.0. The van der Waals surface area contributed by atoms with Crippen molar-refractivity contribution in [2.75, 3.05) is 19.7 Å². The molecule has 1 saturated carbocycles. The first-order valence-electron chi connectivity index (χ1n) is 8.71. The van der Waals surface area contributed by atoms with Crippen LogP contribution in [-0.2, 0) is 4.74 Å². The highest BCUT2D eigenvalue weighted by Gasteiger charge is 2.29. The molecule has 1 heterocycles. The topological polar surface area (TPSA) is 65.4 Å². The van der Waals surface area contributed by atoms with Gasteiger partial charge in [-0.05, 0) is 51.9 Å². The Labute approximate surface area is 134 Å². The smallest absolute Gasteiger partial charge is 0.409 e. The fourth-order valence-electron chi connectivity index (χ4n) is 3.76. The Kier molecular flexibility index (Phi) is 6.50. The SMILES string of the molecule is CCOC(=O)N1CCC([C@H](C)N[C@@H]2CCC[C@@H](C#N)C2)CC1. The first-order valence-corrected chi connectivity index (χ1v) is 8.71. The summed E-state index contributed by atoms with van der Waals surface area (Å²) >= 11 is 0. The molecular formula is C17H29N3O2. The second-order valence-corrected chi connectivity index (χ2v) is 6.67. The lowest BCUT2D eigenvalue weighted by Crippen LogP contribution is -2.47. The van der Waals surface area contributed by atoms with Crippen LogP contribution in [0.3, 0.4) is 0 Å². The van der Waals surface area contributed by atoms with Gasteiger partial charge < -0.3 is 15.0 Å². The third kappa shape index (κ3) is 4.61. The van der Waals surface area contributed by atoms with Crippen molar-refractivity contribution in [1.82, 2.24) is 10.2 Å². The summed E-state index contributed by atoms with van der Waals surface area (Å²) < 4.78 is 5.06. The van der Waals surface area contributed by atoms with Gasteiger partial charge in [0, 0.05) is 31.1 Å². The Morgan fingerprint density at radius 1 is 1.36 bits per heavy atom. The van der Waals surface area contributed by atoms with E-state index in [1.165, 1.54) is 6.42 Å². The molecule has 0 spiro atoms. The van der Waals surface area contributed by atoms with E-state index in [9.17, 15) is 4.79 Å². The van der Waals surface area contributed by atoms with Crippen molar-refractivity contribution in [3.8, 4) is 6.07 Å². The van der Waals surface area contributed by atoms with Gasteiger partial charge in [0.15, 0.2) is 0 Å². The van der Waals surface area contributed by atoms with Crippen molar-refractivity contribution < 1.29 is 9.53 Å². The van der Waals surface area contributed by atoms with E-state index in [-0.39, 0.29) is 12.0 Å². The molecule has 2 fully saturated rings. The molecule has 0 unspecified atom stereocenters. The Morgan fingerprint density at radius 3 is 2.73 bits per heavy atom. The number of nitrogens with one attached hydrogen (secondary N) is 1. The molecule has 124 valence electrons. The van der Waals surface area contributed by atoms with Gasteiger partial charge in [-0.25, -0.2) is 4.79 Å². The first-order chi connectivity index (χ1) is 10.6. The highest BCUT2D eigenvalue weighted by atomic mass is 16.6. The molecule has 1 N–H and O–H groups in total. The van der Waals surface area contributed by atoms with Crippen LogP contribution < -0.4 is 5.32 Å². The molecule has 0 aromatic heterocycles. The number of rotatable bonds is 4. The van der Waals surface area contributed by atoms with Crippen LogP contribution in [0.4, 0.5) is 4.79 Å². The Balaban J connectivity index is 1.74. The maximum atomic E-state index is 11.7. The van der Waals surface area contributed by atoms with Crippen molar-refractivity contribution in [2.45, 2.75) is 64.5 Å². The molecule has 22 heavy (non-hydrogen) atoms. The van der Waals surface area contributed by atoms with Crippen molar-refractivity contribution in [2.24, 2.45) is 11.8 Å². The second kappa shape index (κ2) is 8.38. The predicted molar refractivity (Wildman–Crippen MR) is 85.3 cm³/mol. The van der Waals surface area contributed by atoms with Crippen LogP contribution in [0.1, 0.15) is 52.4 Å². The van der Waals surface area contributed by atoms with Gasteiger partial charge >= 0.3 is 6.09 Å². The van der Waals surface area contributed by atoms with Gasteiger partial charge in [-0.2, -0.15) is 5.26 Å². The molecule has 1 saturated heterocycles. The molecule has 3 atom stereocenters. The number of nitriles is 1. The summed E-state index contributed by atoms with van der Waals surface area (Å²) in [6.07, 6.45) is 6.27. The van der Waals surface area contributed by atoms with Crippen LogP contribution in [0.15, 0.2) is 0 Å². The molecule has 5 heteroatoms. The molecule has 0 aromatic rings. The standard InChI is InChI=1S/C17H29N3O2/c1-3-22-17(21)20-9-7-15(8-10-20)13(2)19-16-6-4-5-14(11-16)12-18/h13-16,19H,3-11H2,1-2H3/t13-,14+,16+/m0/s1. The van der Waals surface area contributed by atoms with Crippen LogP contribution in [0.5, 0.6) is 0 Å². The van der Waals surface area contributed by atoms with Gasteiger partial charge in [0.25, 0.3) is 0 Å². The molecule has 0 aromatic carbocycles. The molecule has 2 aliphatic rings. The van der Waals surface area contributed by atoms with Crippen molar-refractivity contribution in [3.05, 3.63) is 0 Å². The number of hydrogen-bond acceptors (Lipinski definition) is 4. The number of ether oxygens (including phenoxy) is 1. The number of piperidine rings is 1. The van der Waals surface area contributed by atoms with Crippen LogP contribution in [0, 0.1) is 23.2 Å². The molecule has 0 radical (unpaired) electrons. The Bertz CT molecular complexity index is 399. The number of likely N-dealkylation sites (tertiary alicyclic amines) is 1. The van der Waals surface area contributed by atoms with Crippen LogP contribution in [0.2, 0.25) is 0 Å². The van der Waals surface area contributed by atoms with Gasteiger partial charge in [-0.15, -0.1) is 0 Å². The quantitative estimate of drug-likeness (QED) is 0.867. The lowest BCUT2D eigenvalue weighted by molar-refractivity contribution is 0.0865. The lowest BCUT2D eigenvalue weighted by atomic mass is 9.84. The number of carbonyl (C=O) groups excluding carboxylic acids is 1. The summed E-state index contributed by atoms with van der Waals surface area (Å²) in [5.74, 6) is 0.831. The number of nitrogens with zero attached hydrogens (tertiary/aromatic N) is 2. The molecule has 0 bridgehead atoms. The average molecular weight is 307 g/mol. The van der Waals surface area contributed by atoms with Crippen LogP contribution >= 0.6 is 0 Å². The largest absolute Gasteiger partial charge is 0.450 e. The highest BCUT2D eigenvalue weighted by molar-refractivity contribution is 5.67. The van der Waals surface area contributed by atoms with Gasteiger partial charge in [0.05, 0.1) is 12.7 Å². The van der Waals surface area contributed by atoms with Crippen molar-refractivity contribution in [3.63, 3.8) is 0 Å². The Morgan fingerprint density at radius 2 is 2.09 bits per heavy atom. The van der Waals surface area contributed by atoms with Gasteiger partial charge in [0.1, 0.15) is 0 Å².